The van der Waals surface area contributed by atoms with Crippen LogP contribution >= 0.6 is 15.9 Å². The predicted molar refractivity (Wildman–Crippen MR) is 69.3 cm³/mol. The number of nitrogens with one attached hydrogen (secondary N) is 1. The summed E-state index contributed by atoms with van der Waals surface area (Å²) in [5.74, 6) is -0.270. The van der Waals surface area contributed by atoms with E-state index in [4.69, 9.17) is 0 Å². The Balaban J connectivity index is 2.12. The molecule has 1 unspecified atom stereocenters. The van der Waals surface area contributed by atoms with Crippen LogP contribution in [0.3, 0.4) is 0 Å². The number of aromatic nitrogens is 2. The van der Waals surface area contributed by atoms with E-state index in [0.717, 1.165) is 11.3 Å². The second kappa shape index (κ2) is 4.87. The summed E-state index contributed by atoms with van der Waals surface area (Å²) in [5.41, 5.74) is 1.82. The first kappa shape index (κ1) is 12.1. The fraction of sp³-hybridized carbons (Fsp3) is 0.250. The van der Waals surface area contributed by atoms with E-state index in [2.05, 4.69) is 26.3 Å². The van der Waals surface area contributed by atoms with Crippen LogP contribution in [-0.2, 0) is 7.05 Å². The minimum Gasteiger partial charge on any atom is -0.378 e. The van der Waals surface area contributed by atoms with E-state index in [1.54, 1.807) is 16.9 Å². The number of halogens is 2. The molecule has 17 heavy (non-hydrogen) atoms. The Morgan fingerprint density at radius 2 is 2.24 bits per heavy atom. The van der Waals surface area contributed by atoms with E-state index in [-0.39, 0.29) is 11.9 Å². The molecule has 1 heterocycles. The minimum atomic E-state index is -0.270. The molecule has 2 aromatic rings. The van der Waals surface area contributed by atoms with E-state index >= 15 is 0 Å². The van der Waals surface area contributed by atoms with Crippen molar-refractivity contribution in [3.05, 3.63) is 46.4 Å². The molecule has 1 aromatic heterocycles. The van der Waals surface area contributed by atoms with Gasteiger partial charge >= 0.3 is 0 Å². The standard InChI is InChI=1S/C12H13BrFN3/c1-8(9-6-15-17(2)7-9)16-10-3-4-11(13)12(14)5-10/h3-8,16H,1-2H3. The highest BCUT2D eigenvalue weighted by Gasteiger charge is 2.08. The number of rotatable bonds is 3. The average Bonchev–Trinajstić information content (AvgIpc) is 2.70. The minimum absolute atomic E-state index is 0.0873. The van der Waals surface area contributed by atoms with Crippen molar-refractivity contribution in [2.45, 2.75) is 13.0 Å². The summed E-state index contributed by atoms with van der Waals surface area (Å²) in [4.78, 5) is 0. The largest absolute Gasteiger partial charge is 0.378 e. The Bertz CT molecular complexity index is 524. The van der Waals surface area contributed by atoms with Crippen molar-refractivity contribution < 1.29 is 4.39 Å². The Labute approximate surface area is 108 Å². The zero-order valence-corrected chi connectivity index (χ0v) is 11.2. The maximum Gasteiger partial charge on any atom is 0.139 e. The maximum absolute atomic E-state index is 13.3. The van der Waals surface area contributed by atoms with E-state index in [0.29, 0.717) is 4.47 Å². The molecule has 0 radical (unpaired) electrons. The van der Waals surface area contributed by atoms with Crippen molar-refractivity contribution in [1.82, 2.24) is 9.78 Å². The summed E-state index contributed by atoms with van der Waals surface area (Å²) >= 11 is 3.13. The lowest BCUT2D eigenvalue weighted by atomic mass is 10.2. The molecule has 1 N–H and O–H groups in total. The topological polar surface area (TPSA) is 29.9 Å². The van der Waals surface area contributed by atoms with Crippen LogP contribution < -0.4 is 5.32 Å². The van der Waals surface area contributed by atoms with Crippen LogP contribution in [0.2, 0.25) is 0 Å². The highest BCUT2D eigenvalue weighted by Crippen LogP contribution is 2.23. The molecule has 0 aliphatic rings. The first-order chi connectivity index (χ1) is 8.06. The number of hydrogen-bond donors (Lipinski definition) is 1. The zero-order chi connectivity index (χ0) is 12.4. The third-order valence-electron chi connectivity index (χ3n) is 2.53. The lowest BCUT2D eigenvalue weighted by molar-refractivity contribution is 0.621. The fourth-order valence-electron chi connectivity index (χ4n) is 1.58. The fourth-order valence-corrected chi connectivity index (χ4v) is 1.83. The summed E-state index contributed by atoms with van der Waals surface area (Å²) in [6, 6.07) is 5.08. The van der Waals surface area contributed by atoms with Gasteiger partial charge in [0.2, 0.25) is 0 Å². The van der Waals surface area contributed by atoms with Crippen LogP contribution in [0.4, 0.5) is 10.1 Å². The van der Waals surface area contributed by atoms with Crippen molar-refractivity contribution >= 4 is 21.6 Å². The molecule has 1 aromatic carbocycles. The van der Waals surface area contributed by atoms with Gasteiger partial charge in [0, 0.05) is 24.5 Å². The van der Waals surface area contributed by atoms with Crippen LogP contribution in [0, 0.1) is 5.82 Å². The van der Waals surface area contributed by atoms with Gasteiger partial charge in [0.15, 0.2) is 0 Å². The van der Waals surface area contributed by atoms with Gasteiger partial charge < -0.3 is 5.32 Å². The molecule has 0 fully saturated rings. The van der Waals surface area contributed by atoms with Crippen LogP contribution in [0.25, 0.3) is 0 Å². The molecular weight excluding hydrogens is 285 g/mol. The summed E-state index contributed by atoms with van der Waals surface area (Å²) in [7, 11) is 1.87. The molecule has 0 spiro atoms. The van der Waals surface area contributed by atoms with E-state index < -0.39 is 0 Å². The first-order valence-electron chi connectivity index (χ1n) is 5.26. The third kappa shape index (κ3) is 2.85. The molecule has 0 bridgehead atoms. The maximum atomic E-state index is 13.3. The van der Waals surface area contributed by atoms with Crippen LogP contribution in [0.1, 0.15) is 18.5 Å². The molecule has 0 saturated heterocycles. The second-order valence-corrected chi connectivity index (χ2v) is 4.80. The number of benzene rings is 1. The Kier molecular flexibility index (Phi) is 3.47. The van der Waals surface area contributed by atoms with Gasteiger partial charge in [0.25, 0.3) is 0 Å². The normalized spacial score (nSPS) is 12.5. The number of nitrogens with zero attached hydrogens (tertiary/aromatic N) is 2. The molecule has 0 amide bonds. The Morgan fingerprint density at radius 1 is 1.47 bits per heavy atom. The van der Waals surface area contributed by atoms with Gasteiger partial charge in [-0.05, 0) is 41.1 Å². The van der Waals surface area contributed by atoms with Crippen molar-refractivity contribution in [1.29, 1.82) is 0 Å². The predicted octanol–water partition coefficient (Wildman–Crippen LogP) is 3.49. The summed E-state index contributed by atoms with van der Waals surface area (Å²) in [6.07, 6.45) is 3.74. The lowest BCUT2D eigenvalue weighted by Crippen LogP contribution is -2.05. The molecule has 2 rings (SSSR count). The Morgan fingerprint density at radius 3 is 2.82 bits per heavy atom. The van der Waals surface area contributed by atoms with Crippen molar-refractivity contribution in [3.63, 3.8) is 0 Å². The number of hydrogen-bond acceptors (Lipinski definition) is 2. The van der Waals surface area contributed by atoms with Crippen molar-refractivity contribution in [2.75, 3.05) is 5.32 Å². The van der Waals surface area contributed by atoms with Crippen molar-refractivity contribution in [2.24, 2.45) is 7.05 Å². The van der Waals surface area contributed by atoms with Gasteiger partial charge in [-0.2, -0.15) is 5.10 Å². The molecule has 0 saturated carbocycles. The summed E-state index contributed by atoms with van der Waals surface area (Å²) in [6.45, 7) is 2.01. The van der Waals surface area contributed by atoms with Gasteiger partial charge in [-0.3, -0.25) is 4.68 Å². The molecular formula is C12H13BrFN3. The Hall–Kier alpha value is -1.36. The van der Waals surface area contributed by atoms with Crippen LogP contribution in [0.15, 0.2) is 35.1 Å². The average molecular weight is 298 g/mol. The van der Waals surface area contributed by atoms with Crippen molar-refractivity contribution in [3.8, 4) is 0 Å². The quantitative estimate of drug-likeness (QED) is 0.940. The van der Waals surface area contributed by atoms with Gasteiger partial charge in [-0.25, -0.2) is 4.39 Å². The molecule has 90 valence electrons. The molecule has 3 nitrogen and oxygen atoms in total. The van der Waals surface area contributed by atoms with E-state index in [1.165, 1.54) is 6.07 Å². The monoisotopic (exact) mass is 297 g/mol. The molecule has 5 heteroatoms. The van der Waals surface area contributed by atoms with Gasteiger partial charge in [-0.1, -0.05) is 0 Å². The second-order valence-electron chi connectivity index (χ2n) is 3.94. The third-order valence-corrected chi connectivity index (χ3v) is 3.17. The molecule has 0 aliphatic heterocycles. The van der Waals surface area contributed by atoms with Crippen LogP contribution in [-0.4, -0.2) is 9.78 Å². The smallest absolute Gasteiger partial charge is 0.139 e. The SMILES string of the molecule is CC(Nc1ccc(Br)c(F)c1)c1cnn(C)c1. The highest BCUT2D eigenvalue weighted by atomic mass is 79.9. The van der Waals surface area contributed by atoms with Crippen LogP contribution in [0.5, 0.6) is 0 Å². The lowest BCUT2D eigenvalue weighted by Gasteiger charge is -2.13. The molecule has 0 aliphatic carbocycles. The number of anilines is 1. The summed E-state index contributed by atoms with van der Waals surface area (Å²) in [5, 5.41) is 7.33. The first-order valence-corrected chi connectivity index (χ1v) is 6.05. The summed E-state index contributed by atoms with van der Waals surface area (Å²) < 4.78 is 15.5. The van der Waals surface area contributed by atoms with E-state index in [9.17, 15) is 4.39 Å². The van der Waals surface area contributed by atoms with Gasteiger partial charge in [-0.15, -0.1) is 0 Å². The van der Waals surface area contributed by atoms with E-state index in [1.807, 2.05) is 26.2 Å². The zero-order valence-electron chi connectivity index (χ0n) is 9.61. The van der Waals surface area contributed by atoms with Gasteiger partial charge in [0.05, 0.1) is 16.7 Å². The van der Waals surface area contributed by atoms with Gasteiger partial charge in [0.1, 0.15) is 5.82 Å². The highest BCUT2D eigenvalue weighted by molar-refractivity contribution is 9.10. The molecule has 1 atom stereocenters. The number of aryl methyl sites for hydroxylation is 1.